The first-order valence-corrected chi connectivity index (χ1v) is 9.36. The molecule has 3 rings (SSSR count). The highest BCUT2D eigenvalue weighted by molar-refractivity contribution is 5.98. The van der Waals surface area contributed by atoms with E-state index in [0.29, 0.717) is 12.1 Å². The van der Waals surface area contributed by atoms with Crippen LogP contribution in [0.3, 0.4) is 0 Å². The molecule has 0 saturated heterocycles. The van der Waals surface area contributed by atoms with Crippen molar-refractivity contribution in [1.82, 2.24) is 15.1 Å². The third kappa shape index (κ3) is 4.45. The van der Waals surface area contributed by atoms with Gasteiger partial charge >= 0.3 is 0 Å². The van der Waals surface area contributed by atoms with Crippen LogP contribution in [0.25, 0.3) is 0 Å². The number of nitrogens with one attached hydrogen (secondary N) is 2. The second-order valence-corrected chi connectivity index (χ2v) is 7.17. The lowest BCUT2D eigenvalue weighted by Gasteiger charge is -2.26. The van der Waals surface area contributed by atoms with Gasteiger partial charge in [-0.3, -0.25) is 14.3 Å². The molecule has 0 bridgehead atoms. The average molecular weight is 366 g/mol. The van der Waals surface area contributed by atoms with Gasteiger partial charge < -0.3 is 10.6 Å². The molecule has 1 aliphatic carbocycles. The van der Waals surface area contributed by atoms with Crippen molar-refractivity contribution in [2.24, 2.45) is 0 Å². The summed E-state index contributed by atoms with van der Waals surface area (Å²) in [6.45, 7) is 7.64. The summed E-state index contributed by atoms with van der Waals surface area (Å²) >= 11 is 0. The summed E-state index contributed by atoms with van der Waals surface area (Å²) in [6, 6.07) is 7.56. The van der Waals surface area contributed by atoms with E-state index in [-0.39, 0.29) is 23.9 Å². The highest BCUT2D eigenvalue weighted by Gasteiger charge is 2.27. The van der Waals surface area contributed by atoms with Crippen molar-refractivity contribution < 1.29 is 9.59 Å². The van der Waals surface area contributed by atoms with E-state index in [1.807, 2.05) is 23.0 Å². The van der Waals surface area contributed by atoms with Gasteiger partial charge in [-0.25, -0.2) is 0 Å². The van der Waals surface area contributed by atoms with E-state index < -0.39 is 0 Å². The molecule has 1 unspecified atom stereocenters. The number of aryl methyl sites for hydroxylation is 1. The number of carbonyl (C=O) groups excluding carboxylic acids is 2. The Labute approximate surface area is 159 Å². The van der Waals surface area contributed by atoms with Crippen LogP contribution in [0.5, 0.6) is 0 Å². The molecule has 1 heterocycles. The number of benzene rings is 1. The molecule has 0 radical (unpaired) electrons. The molecule has 1 atom stereocenters. The van der Waals surface area contributed by atoms with Crippen molar-refractivity contribution in [2.75, 3.05) is 5.32 Å². The molecule has 1 aliphatic rings. The van der Waals surface area contributed by atoms with Gasteiger partial charge in [0, 0.05) is 11.7 Å². The summed E-state index contributed by atoms with van der Waals surface area (Å²) in [6.07, 6.45) is 6.47. The number of carbonyl (C=O) groups is 2. The number of amides is 2. The molecule has 27 heavy (non-hydrogen) atoms. The standard InChI is InChI=1S/C21H26N4O2/c1-4-19(26)23-17-10-8-15(9-11-17)12-20(27)24-18-7-5-6-16-13-22-25(14(2)3)21(16)18/h4,8-11,13-14,18H,1,5-7,12H2,2-3H3,(H,23,26)(H,24,27). The van der Waals surface area contributed by atoms with Crippen LogP contribution in [0.2, 0.25) is 0 Å². The maximum Gasteiger partial charge on any atom is 0.247 e. The maximum atomic E-state index is 12.6. The Bertz CT molecular complexity index is 836. The Morgan fingerprint density at radius 2 is 2.07 bits per heavy atom. The number of nitrogens with zero attached hydrogens (tertiary/aromatic N) is 2. The number of aromatic nitrogens is 2. The van der Waals surface area contributed by atoms with Crippen molar-refractivity contribution in [3.63, 3.8) is 0 Å². The fraction of sp³-hybridized carbons (Fsp3) is 0.381. The van der Waals surface area contributed by atoms with Crippen molar-refractivity contribution in [3.05, 3.63) is 59.9 Å². The first-order chi connectivity index (χ1) is 13.0. The van der Waals surface area contributed by atoms with Crippen molar-refractivity contribution in [3.8, 4) is 0 Å². The third-order valence-electron chi connectivity index (χ3n) is 4.78. The third-order valence-corrected chi connectivity index (χ3v) is 4.78. The zero-order valence-corrected chi connectivity index (χ0v) is 15.9. The zero-order valence-electron chi connectivity index (χ0n) is 15.9. The van der Waals surface area contributed by atoms with Crippen LogP contribution in [0, 0.1) is 0 Å². The quantitative estimate of drug-likeness (QED) is 0.770. The Balaban J connectivity index is 1.64. The predicted molar refractivity (Wildman–Crippen MR) is 105 cm³/mol. The molecular weight excluding hydrogens is 340 g/mol. The van der Waals surface area contributed by atoms with Gasteiger partial charge in [-0.1, -0.05) is 18.7 Å². The summed E-state index contributed by atoms with van der Waals surface area (Å²) in [7, 11) is 0. The fourth-order valence-electron chi connectivity index (χ4n) is 3.50. The Hall–Kier alpha value is -2.89. The molecule has 6 heteroatoms. The highest BCUT2D eigenvalue weighted by Crippen LogP contribution is 2.31. The van der Waals surface area contributed by atoms with E-state index in [0.717, 1.165) is 30.5 Å². The Kier molecular flexibility index (Phi) is 5.74. The molecule has 2 aromatic rings. The monoisotopic (exact) mass is 366 g/mol. The van der Waals surface area contributed by atoms with E-state index in [2.05, 4.69) is 36.2 Å². The number of rotatable bonds is 6. The molecule has 0 fully saturated rings. The molecule has 1 aromatic heterocycles. The number of anilines is 1. The van der Waals surface area contributed by atoms with Gasteiger partial charge in [0.15, 0.2) is 0 Å². The maximum absolute atomic E-state index is 12.6. The Morgan fingerprint density at radius 1 is 1.33 bits per heavy atom. The molecule has 0 spiro atoms. The SMILES string of the molecule is C=CC(=O)Nc1ccc(CC(=O)NC2CCCc3cnn(C(C)C)c32)cc1. The summed E-state index contributed by atoms with van der Waals surface area (Å²) in [5, 5.41) is 10.4. The average Bonchev–Trinajstić information content (AvgIpc) is 3.08. The van der Waals surface area contributed by atoms with Crippen molar-refractivity contribution >= 4 is 17.5 Å². The summed E-state index contributed by atoms with van der Waals surface area (Å²) < 4.78 is 2.02. The van der Waals surface area contributed by atoms with Gasteiger partial charge in [-0.2, -0.15) is 5.10 Å². The lowest BCUT2D eigenvalue weighted by atomic mass is 9.93. The molecule has 0 saturated carbocycles. The molecule has 0 aliphatic heterocycles. The second kappa shape index (κ2) is 8.20. The van der Waals surface area contributed by atoms with Crippen LogP contribution < -0.4 is 10.6 Å². The van der Waals surface area contributed by atoms with E-state index in [1.54, 1.807) is 12.1 Å². The van der Waals surface area contributed by atoms with Gasteiger partial charge in [0.25, 0.3) is 0 Å². The summed E-state index contributed by atoms with van der Waals surface area (Å²) in [4.78, 5) is 23.9. The number of hydrogen-bond acceptors (Lipinski definition) is 3. The van der Waals surface area contributed by atoms with Gasteiger partial charge in [0.05, 0.1) is 24.4 Å². The second-order valence-electron chi connectivity index (χ2n) is 7.17. The van der Waals surface area contributed by atoms with Crippen molar-refractivity contribution in [2.45, 2.75) is 51.6 Å². The highest BCUT2D eigenvalue weighted by atomic mass is 16.2. The molecular formula is C21H26N4O2. The first kappa shape index (κ1) is 18.9. The van der Waals surface area contributed by atoms with Crippen LogP contribution >= 0.6 is 0 Å². The largest absolute Gasteiger partial charge is 0.347 e. The topological polar surface area (TPSA) is 76.0 Å². The van der Waals surface area contributed by atoms with Gasteiger partial charge in [0.2, 0.25) is 11.8 Å². The summed E-state index contributed by atoms with van der Waals surface area (Å²) in [5.74, 6) is -0.261. The van der Waals surface area contributed by atoms with Crippen LogP contribution in [-0.2, 0) is 22.4 Å². The van der Waals surface area contributed by atoms with Crippen molar-refractivity contribution in [1.29, 1.82) is 0 Å². The first-order valence-electron chi connectivity index (χ1n) is 9.36. The van der Waals surface area contributed by atoms with Gasteiger partial charge in [-0.05, 0) is 62.4 Å². The van der Waals surface area contributed by atoms with Crippen LogP contribution in [0.15, 0.2) is 43.1 Å². The van der Waals surface area contributed by atoms with E-state index in [1.165, 1.54) is 11.6 Å². The normalized spacial score (nSPS) is 15.9. The molecule has 2 amide bonds. The predicted octanol–water partition coefficient (Wildman–Crippen LogP) is 3.32. The molecule has 2 N–H and O–H groups in total. The van der Waals surface area contributed by atoms with Gasteiger partial charge in [-0.15, -0.1) is 0 Å². The molecule has 142 valence electrons. The van der Waals surface area contributed by atoms with E-state index in [9.17, 15) is 9.59 Å². The Morgan fingerprint density at radius 3 is 2.74 bits per heavy atom. The van der Waals surface area contributed by atoms with E-state index >= 15 is 0 Å². The van der Waals surface area contributed by atoms with Crippen LogP contribution in [0.4, 0.5) is 5.69 Å². The van der Waals surface area contributed by atoms with Crippen LogP contribution in [0.1, 0.15) is 55.6 Å². The lowest BCUT2D eigenvalue weighted by Crippen LogP contribution is -2.33. The minimum absolute atomic E-state index is 0.00719. The molecule has 6 nitrogen and oxygen atoms in total. The zero-order chi connectivity index (χ0) is 19.4. The number of hydrogen-bond donors (Lipinski definition) is 2. The van der Waals surface area contributed by atoms with E-state index in [4.69, 9.17) is 0 Å². The minimum atomic E-state index is -0.254. The van der Waals surface area contributed by atoms with Gasteiger partial charge in [0.1, 0.15) is 0 Å². The molecule has 1 aromatic carbocycles. The fourth-order valence-corrected chi connectivity index (χ4v) is 3.50. The summed E-state index contributed by atoms with van der Waals surface area (Å²) in [5.41, 5.74) is 3.97. The van der Waals surface area contributed by atoms with Crippen LogP contribution in [-0.4, -0.2) is 21.6 Å². The number of fused-ring (bicyclic) bond motifs is 1. The smallest absolute Gasteiger partial charge is 0.247 e. The lowest BCUT2D eigenvalue weighted by molar-refractivity contribution is -0.121. The minimum Gasteiger partial charge on any atom is -0.347 e.